The first-order chi connectivity index (χ1) is 11.1. The Morgan fingerprint density at radius 3 is 2.65 bits per heavy atom. The largest absolute Gasteiger partial charge is 0.382 e. The monoisotopic (exact) mass is 335 g/mol. The van der Waals surface area contributed by atoms with Gasteiger partial charge in [0.2, 0.25) is 0 Å². The summed E-state index contributed by atoms with van der Waals surface area (Å²) < 4.78 is 20.0. The number of halogens is 2. The lowest BCUT2D eigenvalue weighted by Gasteiger charge is -2.39. The molecular formula is C18H19ClFNO2. The molecule has 3 nitrogen and oxygen atoms in total. The summed E-state index contributed by atoms with van der Waals surface area (Å²) in [5.41, 5.74) is -0.372. The van der Waals surface area contributed by atoms with E-state index >= 15 is 0 Å². The summed E-state index contributed by atoms with van der Waals surface area (Å²) in [5, 5.41) is 14.9. The molecule has 1 aliphatic rings. The molecule has 3 rings (SSSR count). The van der Waals surface area contributed by atoms with Crippen molar-refractivity contribution in [2.45, 2.75) is 18.1 Å². The predicted octanol–water partition coefficient (Wildman–Crippen LogP) is 2.90. The number of rotatable bonds is 4. The highest BCUT2D eigenvalue weighted by Crippen LogP contribution is 2.34. The number of nitrogens with one attached hydrogen (secondary N) is 1. The molecule has 0 aromatic heterocycles. The third-order valence-corrected chi connectivity index (χ3v) is 4.60. The van der Waals surface area contributed by atoms with Crippen LogP contribution in [0.25, 0.3) is 0 Å². The van der Waals surface area contributed by atoms with Gasteiger partial charge in [-0.3, -0.25) is 0 Å². The lowest BCUT2D eigenvalue weighted by atomic mass is 9.82. The highest BCUT2D eigenvalue weighted by molar-refractivity contribution is 6.31. The maximum absolute atomic E-state index is 14.2. The fourth-order valence-electron chi connectivity index (χ4n) is 2.97. The maximum Gasteiger partial charge on any atom is 0.128 e. The average Bonchev–Trinajstić information content (AvgIpc) is 2.60. The first kappa shape index (κ1) is 16.4. The second-order valence-corrected chi connectivity index (χ2v) is 6.14. The third-order valence-electron chi connectivity index (χ3n) is 4.24. The molecule has 1 aliphatic heterocycles. The Labute approximate surface area is 140 Å². The second-order valence-electron chi connectivity index (χ2n) is 5.73. The number of ether oxygens (including phenoxy) is 1. The SMILES string of the molecule is OC(Cc1c(F)cccc1Cl)(c1ccccc1)[C@@H]1CNCCO1. The molecule has 0 spiro atoms. The van der Waals surface area contributed by atoms with E-state index in [0.29, 0.717) is 29.3 Å². The van der Waals surface area contributed by atoms with Gasteiger partial charge in [-0.25, -0.2) is 4.39 Å². The molecule has 0 saturated carbocycles. The van der Waals surface area contributed by atoms with E-state index in [4.69, 9.17) is 16.3 Å². The highest BCUT2D eigenvalue weighted by Gasteiger charge is 2.41. The van der Waals surface area contributed by atoms with Gasteiger partial charge in [0.05, 0.1) is 6.61 Å². The zero-order valence-electron chi connectivity index (χ0n) is 12.6. The van der Waals surface area contributed by atoms with Crippen LogP contribution < -0.4 is 5.32 Å². The van der Waals surface area contributed by atoms with Gasteiger partial charge in [-0.15, -0.1) is 0 Å². The molecular weight excluding hydrogens is 317 g/mol. The van der Waals surface area contributed by atoms with Crippen LogP contribution >= 0.6 is 11.6 Å². The van der Waals surface area contributed by atoms with Crippen molar-refractivity contribution in [3.8, 4) is 0 Å². The van der Waals surface area contributed by atoms with Gasteiger partial charge in [0, 0.05) is 30.1 Å². The van der Waals surface area contributed by atoms with E-state index in [2.05, 4.69) is 5.32 Å². The van der Waals surface area contributed by atoms with Crippen LogP contribution in [-0.4, -0.2) is 30.9 Å². The molecule has 0 aliphatic carbocycles. The van der Waals surface area contributed by atoms with Crippen LogP contribution in [0.1, 0.15) is 11.1 Å². The highest BCUT2D eigenvalue weighted by atomic mass is 35.5. The number of benzene rings is 2. The number of hydrogen-bond donors (Lipinski definition) is 2. The minimum atomic E-state index is -1.36. The first-order valence-electron chi connectivity index (χ1n) is 7.64. The van der Waals surface area contributed by atoms with Gasteiger partial charge in [-0.2, -0.15) is 0 Å². The van der Waals surface area contributed by atoms with Crippen molar-refractivity contribution >= 4 is 11.6 Å². The molecule has 122 valence electrons. The van der Waals surface area contributed by atoms with Gasteiger partial charge in [0.25, 0.3) is 0 Å². The van der Waals surface area contributed by atoms with Gasteiger partial charge in [-0.05, 0) is 17.7 Å². The van der Waals surface area contributed by atoms with Gasteiger partial charge in [0.1, 0.15) is 17.5 Å². The Balaban J connectivity index is 2.01. The lowest BCUT2D eigenvalue weighted by Crippen LogP contribution is -2.52. The van der Waals surface area contributed by atoms with Crippen LogP contribution in [0.5, 0.6) is 0 Å². The quantitative estimate of drug-likeness (QED) is 0.902. The van der Waals surface area contributed by atoms with E-state index in [0.717, 1.165) is 6.54 Å². The van der Waals surface area contributed by atoms with E-state index in [-0.39, 0.29) is 6.42 Å². The summed E-state index contributed by atoms with van der Waals surface area (Å²) in [7, 11) is 0. The Morgan fingerprint density at radius 1 is 1.22 bits per heavy atom. The normalized spacial score (nSPS) is 20.9. The lowest BCUT2D eigenvalue weighted by molar-refractivity contribution is -0.124. The molecule has 2 atom stereocenters. The van der Waals surface area contributed by atoms with Crippen LogP contribution in [0.15, 0.2) is 48.5 Å². The van der Waals surface area contributed by atoms with Crippen molar-refractivity contribution in [3.63, 3.8) is 0 Å². The topological polar surface area (TPSA) is 41.5 Å². The fourth-order valence-corrected chi connectivity index (χ4v) is 3.20. The van der Waals surface area contributed by atoms with Crippen molar-refractivity contribution in [3.05, 3.63) is 70.5 Å². The molecule has 1 fully saturated rings. The summed E-state index contributed by atoms with van der Waals surface area (Å²) in [5.74, 6) is -0.421. The molecule has 1 unspecified atom stereocenters. The predicted molar refractivity (Wildman–Crippen MR) is 88.1 cm³/mol. The zero-order valence-corrected chi connectivity index (χ0v) is 13.4. The molecule has 1 heterocycles. The van der Waals surface area contributed by atoms with E-state index < -0.39 is 17.5 Å². The smallest absolute Gasteiger partial charge is 0.128 e. The maximum atomic E-state index is 14.2. The Kier molecular flexibility index (Phi) is 4.97. The Morgan fingerprint density at radius 2 is 2.00 bits per heavy atom. The standard InChI is InChI=1S/C18H19ClFNO2/c19-15-7-4-8-16(20)14(15)11-18(22,13-5-2-1-3-6-13)17-12-21-9-10-23-17/h1-8,17,21-22H,9-12H2/t17-,18?/m0/s1. The van der Waals surface area contributed by atoms with Crippen molar-refractivity contribution in [2.24, 2.45) is 0 Å². The first-order valence-corrected chi connectivity index (χ1v) is 8.02. The molecule has 5 heteroatoms. The van der Waals surface area contributed by atoms with E-state index in [9.17, 15) is 9.50 Å². The summed E-state index contributed by atoms with van der Waals surface area (Å²) >= 11 is 6.15. The van der Waals surface area contributed by atoms with Crippen molar-refractivity contribution < 1.29 is 14.2 Å². The van der Waals surface area contributed by atoms with E-state index in [1.54, 1.807) is 12.1 Å². The van der Waals surface area contributed by atoms with Crippen molar-refractivity contribution in [1.82, 2.24) is 5.32 Å². The molecule has 0 amide bonds. The molecule has 0 radical (unpaired) electrons. The summed E-state index contributed by atoms with van der Waals surface area (Å²) in [6.45, 7) is 1.74. The molecule has 2 aromatic carbocycles. The third kappa shape index (κ3) is 3.40. The molecule has 23 heavy (non-hydrogen) atoms. The van der Waals surface area contributed by atoms with Gasteiger partial charge in [-0.1, -0.05) is 48.0 Å². The van der Waals surface area contributed by atoms with Crippen molar-refractivity contribution in [1.29, 1.82) is 0 Å². The van der Waals surface area contributed by atoms with Crippen LogP contribution in [0.3, 0.4) is 0 Å². The van der Waals surface area contributed by atoms with Gasteiger partial charge >= 0.3 is 0 Å². The Bertz CT molecular complexity index is 641. The van der Waals surface area contributed by atoms with Crippen LogP contribution in [0.4, 0.5) is 4.39 Å². The van der Waals surface area contributed by atoms with Crippen LogP contribution in [-0.2, 0) is 16.8 Å². The minimum Gasteiger partial charge on any atom is -0.382 e. The van der Waals surface area contributed by atoms with E-state index in [1.807, 2.05) is 30.3 Å². The summed E-state index contributed by atoms with van der Waals surface area (Å²) in [4.78, 5) is 0. The summed E-state index contributed by atoms with van der Waals surface area (Å²) in [6, 6.07) is 13.8. The molecule has 0 bridgehead atoms. The number of morpholine rings is 1. The molecule has 2 N–H and O–H groups in total. The molecule has 1 saturated heterocycles. The Hall–Kier alpha value is -1.46. The van der Waals surface area contributed by atoms with Gasteiger partial charge in [0.15, 0.2) is 0 Å². The van der Waals surface area contributed by atoms with Crippen LogP contribution in [0.2, 0.25) is 5.02 Å². The number of aliphatic hydroxyl groups is 1. The second kappa shape index (κ2) is 6.97. The molecule has 2 aromatic rings. The fraction of sp³-hybridized carbons (Fsp3) is 0.333. The van der Waals surface area contributed by atoms with E-state index in [1.165, 1.54) is 6.07 Å². The zero-order chi connectivity index (χ0) is 16.3. The number of hydrogen-bond acceptors (Lipinski definition) is 3. The van der Waals surface area contributed by atoms with Crippen molar-refractivity contribution in [2.75, 3.05) is 19.7 Å². The minimum absolute atomic E-state index is 0.0505. The van der Waals surface area contributed by atoms with Gasteiger partial charge < -0.3 is 15.2 Å². The van der Waals surface area contributed by atoms with Crippen LogP contribution in [0, 0.1) is 5.82 Å². The average molecular weight is 336 g/mol. The summed E-state index contributed by atoms with van der Waals surface area (Å²) in [6.07, 6.45) is -0.427.